The summed E-state index contributed by atoms with van der Waals surface area (Å²) in [4.78, 5) is 0. The van der Waals surface area contributed by atoms with Crippen LogP contribution in [0.25, 0.3) is 0 Å². The highest BCUT2D eigenvalue weighted by Gasteiger charge is 2.06. The zero-order valence-corrected chi connectivity index (χ0v) is 11.4. The Hall–Kier alpha value is -1.08. The molecule has 0 aliphatic carbocycles. The smallest absolute Gasteiger partial charge is 0.0297 e. The molecule has 2 unspecified atom stereocenters. The van der Waals surface area contributed by atoms with Crippen LogP contribution in [0.2, 0.25) is 0 Å². The van der Waals surface area contributed by atoms with E-state index in [-0.39, 0.29) is 0 Å². The molecule has 1 N–H and O–H groups in total. The molecular weight excluding hydrogens is 206 g/mol. The zero-order chi connectivity index (χ0) is 12.7. The predicted octanol–water partition coefficient (Wildman–Crippen LogP) is 4.25. The average molecular weight is 231 g/mol. The van der Waals surface area contributed by atoms with Gasteiger partial charge in [-0.2, -0.15) is 0 Å². The lowest BCUT2D eigenvalue weighted by Crippen LogP contribution is -2.26. The Balaban J connectivity index is 2.57. The van der Waals surface area contributed by atoms with Gasteiger partial charge in [-0.05, 0) is 37.8 Å². The molecule has 0 saturated carbocycles. The molecule has 0 heterocycles. The quantitative estimate of drug-likeness (QED) is 0.692. The first-order valence-corrected chi connectivity index (χ1v) is 6.64. The van der Waals surface area contributed by atoms with E-state index in [1.165, 1.54) is 30.4 Å². The van der Waals surface area contributed by atoms with E-state index in [4.69, 9.17) is 0 Å². The molecule has 0 aliphatic heterocycles. The van der Waals surface area contributed by atoms with E-state index in [9.17, 15) is 0 Å². The van der Waals surface area contributed by atoms with E-state index in [1.807, 2.05) is 6.08 Å². The van der Waals surface area contributed by atoms with Gasteiger partial charge in [0.1, 0.15) is 0 Å². The lowest BCUT2D eigenvalue weighted by atomic mass is 10.0. The summed E-state index contributed by atoms with van der Waals surface area (Å²) in [5.74, 6) is 0. The van der Waals surface area contributed by atoms with E-state index < -0.39 is 0 Å². The van der Waals surface area contributed by atoms with Crippen molar-refractivity contribution in [1.82, 2.24) is 5.32 Å². The molecule has 0 bridgehead atoms. The van der Waals surface area contributed by atoms with Crippen LogP contribution in [0.15, 0.2) is 36.9 Å². The molecule has 0 saturated heterocycles. The van der Waals surface area contributed by atoms with Crippen molar-refractivity contribution in [2.75, 3.05) is 0 Å². The second-order valence-corrected chi connectivity index (χ2v) is 4.76. The van der Waals surface area contributed by atoms with Crippen LogP contribution in [-0.2, 0) is 6.42 Å². The minimum absolute atomic E-state index is 0.352. The molecule has 1 aromatic rings. The maximum Gasteiger partial charge on any atom is 0.0297 e. The van der Waals surface area contributed by atoms with Crippen LogP contribution in [0, 0.1) is 0 Å². The Morgan fingerprint density at radius 2 is 1.88 bits per heavy atom. The molecule has 0 fully saturated rings. The molecule has 17 heavy (non-hydrogen) atoms. The molecule has 0 aromatic heterocycles. The second kappa shape index (κ2) is 7.29. The van der Waals surface area contributed by atoms with E-state index in [0.29, 0.717) is 12.1 Å². The van der Waals surface area contributed by atoms with Gasteiger partial charge in [0.05, 0.1) is 0 Å². The Bertz CT molecular complexity index is 326. The van der Waals surface area contributed by atoms with Crippen molar-refractivity contribution in [2.45, 2.75) is 52.1 Å². The third kappa shape index (κ3) is 4.74. The van der Waals surface area contributed by atoms with Crippen molar-refractivity contribution in [3.8, 4) is 0 Å². The summed E-state index contributed by atoms with van der Waals surface area (Å²) >= 11 is 0. The predicted molar refractivity (Wildman–Crippen MR) is 76.3 cm³/mol. The highest BCUT2D eigenvalue weighted by molar-refractivity contribution is 5.25. The number of unbranched alkanes of at least 4 members (excludes halogenated alkanes) is 1. The van der Waals surface area contributed by atoms with Gasteiger partial charge in [-0.15, -0.1) is 6.58 Å². The Morgan fingerprint density at radius 3 is 2.41 bits per heavy atom. The fourth-order valence-corrected chi connectivity index (χ4v) is 1.91. The highest BCUT2D eigenvalue weighted by Crippen LogP contribution is 2.15. The average Bonchev–Trinajstić information content (AvgIpc) is 2.36. The minimum Gasteiger partial charge on any atom is -0.304 e. The lowest BCUT2D eigenvalue weighted by molar-refractivity contribution is 0.537. The zero-order valence-electron chi connectivity index (χ0n) is 11.4. The van der Waals surface area contributed by atoms with E-state index in [0.717, 1.165) is 0 Å². The molecule has 1 nitrogen and oxygen atoms in total. The molecule has 1 heteroatoms. The van der Waals surface area contributed by atoms with Gasteiger partial charge in [-0.3, -0.25) is 0 Å². The van der Waals surface area contributed by atoms with Crippen molar-refractivity contribution in [3.05, 3.63) is 48.0 Å². The number of nitrogens with one attached hydrogen (secondary N) is 1. The molecule has 94 valence electrons. The van der Waals surface area contributed by atoms with Gasteiger partial charge in [0.2, 0.25) is 0 Å². The maximum absolute atomic E-state index is 3.79. The third-order valence-corrected chi connectivity index (χ3v) is 3.17. The van der Waals surface area contributed by atoms with Gasteiger partial charge >= 0.3 is 0 Å². The Labute approximate surface area is 106 Å². The Kier molecular flexibility index (Phi) is 5.99. The molecular formula is C16H25N. The first kappa shape index (κ1) is 14.0. The summed E-state index contributed by atoms with van der Waals surface area (Å²) in [6.07, 6.45) is 5.67. The van der Waals surface area contributed by atoms with E-state index in [1.54, 1.807) is 0 Å². The largest absolute Gasteiger partial charge is 0.304 e. The van der Waals surface area contributed by atoms with Gasteiger partial charge in [-0.25, -0.2) is 0 Å². The second-order valence-electron chi connectivity index (χ2n) is 4.76. The van der Waals surface area contributed by atoms with Crippen molar-refractivity contribution < 1.29 is 0 Å². The molecule has 0 radical (unpaired) electrons. The fraction of sp³-hybridized carbons (Fsp3) is 0.500. The van der Waals surface area contributed by atoms with Gasteiger partial charge in [-0.1, -0.05) is 43.7 Å². The van der Waals surface area contributed by atoms with Crippen molar-refractivity contribution in [3.63, 3.8) is 0 Å². The number of rotatable bonds is 7. The third-order valence-electron chi connectivity index (χ3n) is 3.17. The topological polar surface area (TPSA) is 12.0 Å². The molecule has 0 aliphatic rings. The van der Waals surface area contributed by atoms with E-state index >= 15 is 0 Å². The summed E-state index contributed by atoms with van der Waals surface area (Å²) in [6.45, 7) is 10.3. The van der Waals surface area contributed by atoms with Crippen LogP contribution >= 0.6 is 0 Å². The van der Waals surface area contributed by atoms with Gasteiger partial charge in [0, 0.05) is 12.1 Å². The maximum atomic E-state index is 3.79. The first-order valence-electron chi connectivity index (χ1n) is 6.64. The summed E-state index contributed by atoms with van der Waals surface area (Å²) in [6, 6.07) is 9.70. The fourth-order valence-electron chi connectivity index (χ4n) is 1.91. The summed E-state index contributed by atoms with van der Waals surface area (Å²) in [7, 11) is 0. The molecule has 1 aromatic carbocycles. The van der Waals surface area contributed by atoms with Crippen LogP contribution in [0.1, 0.15) is 50.8 Å². The van der Waals surface area contributed by atoms with Crippen LogP contribution in [0.5, 0.6) is 0 Å². The molecule has 2 atom stereocenters. The highest BCUT2D eigenvalue weighted by atomic mass is 14.9. The summed E-state index contributed by atoms with van der Waals surface area (Å²) in [5.41, 5.74) is 2.79. The normalized spacial score (nSPS) is 14.3. The molecule has 1 rings (SSSR count). The minimum atomic E-state index is 0.352. The number of hydrogen-bond acceptors (Lipinski definition) is 1. The van der Waals surface area contributed by atoms with Crippen LogP contribution < -0.4 is 5.32 Å². The Morgan fingerprint density at radius 1 is 1.24 bits per heavy atom. The standard InChI is InChI=1S/C16H25N/c1-5-7-8-15-9-11-16(12-10-15)14(4)17-13(3)6-2/h6,9-14,17H,2,5,7-8H2,1,3-4H3. The van der Waals surface area contributed by atoms with Crippen LogP contribution in [0.4, 0.5) is 0 Å². The lowest BCUT2D eigenvalue weighted by Gasteiger charge is -2.18. The van der Waals surface area contributed by atoms with Crippen molar-refractivity contribution in [2.24, 2.45) is 0 Å². The molecule has 0 amide bonds. The number of hydrogen-bond donors (Lipinski definition) is 1. The number of aryl methyl sites for hydroxylation is 1. The van der Waals surface area contributed by atoms with Gasteiger partial charge < -0.3 is 5.32 Å². The SMILES string of the molecule is C=CC(C)NC(C)c1ccc(CCCC)cc1. The summed E-state index contributed by atoms with van der Waals surface area (Å²) < 4.78 is 0. The van der Waals surface area contributed by atoms with Crippen LogP contribution in [-0.4, -0.2) is 6.04 Å². The van der Waals surface area contributed by atoms with Crippen molar-refractivity contribution >= 4 is 0 Å². The van der Waals surface area contributed by atoms with Gasteiger partial charge in [0.25, 0.3) is 0 Å². The monoisotopic (exact) mass is 231 g/mol. The van der Waals surface area contributed by atoms with Gasteiger partial charge in [0.15, 0.2) is 0 Å². The molecule has 0 spiro atoms. The summed E-state index contributed by atoms with van der Waals surface area (Å²) in [5, 5.41) is 3.49. The van der Waals surface area contributed by atoms with E-state index in [2.05, 4.69) is 56.9 Å². The van der Waals surface area contributed by atoms with Crippen molar-refractivity contribution in [1.29, 1.82) is 0 Å². The van der Waals surface area contributed by atoms with Crippen LogP contribution in [0.3, 0.4) is 0 Å². The first-order chi connectivity index (χ1) is 8.17. The number of benzene rings is 1.